The van der Waals surface area contributed by atoms with Crippen LogP contribution in [0, 0.1) is 6.92 Å². The summed E-state index contributed by atoms with van der Waals surface area (Å²) in [5.74, 6) is 0.781. The number of methoxy groups -OCH3 is 1. The molecular weight excluding hydrogens is 168 g/mol. The molecule has 0 fully saturated rings. The van der Waals surface area contributed by atoms with Crippen molar-refractivity contribution in [2.45, 2.75) is 6.92 Å². The molecule has 0 heterocycles. The molecule has 13 heavy (non-hydrogen) atoms. The molecule has 1 aromatic carbocycles. The molecule has 0 amide bonds. The van der Waals surface area contributed by atoms with Crippen LogP contribution in [0.15, 0.2) is 23.4 Å². The number of oxime groups is 1. The summed E-state index contributed by atoms with van der Waals surface area (Å²) in [4.78, 5) is 0. The fourth-order valence-corrected chi connectivity index (χ4v) is 1.07. The second-order valence-corrected chi connectivity index (χ2v) is 2.72. The van der Waals surface area contributed by atoms with E-state index in [4.69, 9.17) is 15.7 Å². The molecule has 0 spiro atoms. The number of nitrogens with zero attached hydrogens (tertiary/aromatic N) is 1. The van der Waals surface area contributed by atoms with E-state index in [2.05, 4.69) is 5.16 Å². The molecule has 4 heteroatoms. The average Bonchev–Trinajstić information content (AvgIpc) is 2.15. The second-order valence-electron chi connectivity index (χ2n) is 2.72. The van der Waals surface area contributed by atoms with Gasteiger partial charge in [-0.2, -0.15) is 0 Å². The summed E-state index contributed by atoms with van der Waals surface area (Å²) in [6, 6.07) is 5.40. The third kappa shape index (κ3) is 2.11. The molecule has 3 N–H and O–H groups in total. The maximum absolute atomic E-state index is 8.46. The molecule has 4 nitrogen and oxygen atoms in total. The van der Waals surface area contributed by atoms with Gasteiger partial charge in [0, 0.05) is 5.56 Å². The van der Waals surface area contributed by atoms with E-state index in [1.165, 1.54) is 0 Å². The summed E-state index contributed by atoms with van der Waals surface area (Å²) in [7, 11) is 1.57. The molecule has 0 radical (unpaired) electrons. The van der Waals surface area contributed by atoms with E-state index in [1.807, 2.05) is 19.1 Å². The molecule has 0 bridgehead atoms. The molecular formula is C9H12N2O2. The van der Waals surface area contributed by atoms with Gasteiger partial charge in [-0.1, -0.05) is 5.16 Å². The first-order chi connectivity index (χ1) is 6.17. The van der Waals surface area contributed by atoms with Crippen LogP contribution in [0.3, 0.4) is 0 Å². The quantitative estimate of drug-likeness (QED) is 0.310. The number of nitrogens with two attached hydrogens (primary N) is 1. The minimum absolute atomic E-state index is 0.0852. The van der Waals surface area contributed by atoms with Gasteiger partial charge < -0.3 is 15.7 Å². The van der Waals surface area contributed by atoms with E-state index in [0.29, 0.717) is 11.3 Å². The van der Waals surface area contributed by atoms with E-state index in [9.17, 15) is 0 Å². The fraction of sp³-hybridized carbons (Fsp3) is 0.222. The molecule has 0 aliphatic carbocycles. The summed E-state index contributed by atoms with van der Waals surface area (Å²) < 4.78 is 5.04. The molecule has 0 aliphatic heterocycles. The molecule has 0 saturated carbocycles. The van der Waals surface area contributed by atoms with E-state index in [1.54, 1.807) is 13.2 Å². The Morgan fingerprint density at radius 3 is 2.69 bits per heavy atom. The fourth-order valence-electron chi connectivity index (χ4n) is 1.07. The summed E-state index contributed by atoms with van der Waals surface area (Å²) in [5, 5.41) is 11.4. The predicted octanol–water partition coefficient (Wildman–Crippen LogP) is 1.10. The Hall–Kier alpha value is -1.71. The lowest BCUT2D eigenvalue weighted by Gasteiger charge is -2.04. The Labute approximate surface area is 76.6 Å². The highest BCUT2D eigenvalue weighted by Crippen LogP contribution is 2.15. The third-order valence-electron chi connectivity index (χ3n) is 1.69. The van der Waals surface area contributed by atoms with Crippen LogP contribution in [0.1, 0.15) is 11.1 Å². The topological polar surface area (TPSA) is 67.8 Å². The van der Waals surface area contributed by atoms with Gasteiger partial charge in [-0.25, -0.2) is 0 Å². The van der Waals surface area contributed by atoms with Gasteiger partial charge in [0.25, 0.3) is 0 Å². The summed E-state index contributed by atoms with van der Waals surface area (Å²) >= 11 is 0. The molecule has 0 aliphatic rings. The zero-order valence-corrected chi connectivity index (χ0v) is 7.61. The van der Waals surface area contributed by atoms with Crippen molar-refractivity contribution in [3.8, 4) is 5.75 Å². The van der Waals surface area contributed by atoms with Gasteiger partial charge in [0.2, 0.25) is 0 Å². The highest BCUT2D eigenvalue weighted by Gasteiger charge is 2.02. The Morgan fingerprint density at radius 2 is 2.15 bits per heavy atom. The lowest BCUT2D eigenvalue weighted by molar-refractivity contribution is 0.318. The van der Waals surface area contributed by atoms with Crippen molar-refractivity contribution in [1.82, 2.24) is 0 Å². The maximum Gasteiger partial charge on any atom is 0.170 e. The number of hydrogen-bond donors (Lipinski definition) is 2. The molecule has 0 atom stereocenters. The van der Waals surface area contributed by atoms with Crippen molar-refractivity contribution in [3.05, 3.63) is 29.3 Å². The van der Waals surface area contributed by atoms with Crippen molar-refractivity contribution < 1.29 is 9.94 Å². The van der Waals surface area contributed by atoms with Crippen LogP contribution < -0.4 is 10.5 Å². The second kappa shape index (κ2) is 3.80. The highest BCUT2D eigenvalue weighted by atomic mass is 16.5. The van der Waals surface area contributed by atoms with E-state index in [-0.39, 0.29) is 5.84 Å². The van der Waals surface area contributed by atoms with Crippen LogP contribution in [0.25, 0.3) is 0 Å². The zero-order valence-electron chi connectivity index (χ0n) is 7.61. The van der Waals surface area contributed by atoms with Gasteiger partial charge in [-0.05, 0) is 30.7 Å². The first-order valence-electron chi connectivity index (χ1n) is 3.81. The van der Waals surface area contributed by atoms with E-state index in [0.717, 1.165) is 5.56 Å². The number of ether oxygens (including phenoxy) is 1. The van der Waals surface area contributed by atoms with Crippen LogP contribution >= 0.6 is 0 Å². The van der Waals surface area contributed by atoms with E-state index < -0.39 is 0 Å². The van der Waals surface area contributed by atoms with Crippen LogP contribution in [0.2, 0.25) is 0 Å². The number of hydrogen-bond acceptors (Lipinski definition) is 3. The van der Waals surface area contributed by atoms with Gasteiger partial charge in [-0.15, -0.1) is 0 Å². The number of amidine groups is 1. The van der Waals surface area contributed by atoms with Gasteiger partial charge in [0.15, 0.2) is 5.84 Å². The normalized spacial score (nSPS) is 11.4. The number of aryl methyl sites for hydroxylation is 1. The predicted molar refractivity (Wildman–Crippen MR) is 50.2 cm³/mol. The van der Waals surface area contributed by atoms with Crippen molar-refractivity contribution in [3.63, 3.8) is 0 Å². The third-order valence-corrected chi connectivity index (χ3v) is 1.69. The average molecular weight is 180 g/mol. The molecule has 1 aromatic rings. The monoisotopic (exact) mass is 180 g/mol. The number of benzene rings is 1. The van der Waals surface area contributed by atoms with Crippen molar-refractivity contribution >= 4 is 5.84 Å². The summed E-state index contributed by atoms with van der Waals surface area (Å²) in [5.41, 5.74) is 7.08. The van der Waals surface area contributed by atoms with Crippen LogP contribution in [0.5, 0.6) is 5.75 Å². The Morgan fingerprint density at radius 1 is 1.46 bits per heavy atom. The SMILES string of the molecule is COc1cc(C)cc(/C(N)=N/O)c1. The van der Waals surface area contributed by atoms with Crippen LogP contribution in [0.4, 0.5) is 0 Å². The Kier molecular flexibility index (Phi) is 2.74. The maximum atomic E-state index is 8.46. The smallest absolute Gasteiger partial charge is 0.170 e. The van der Waals surface area contributed by atoms with Crippen molar-refractivity contribution in [2.75, 3.05) is 7.11 Å². The lowest BCUT2D eigenvalue weighted by Crippen LogP contribution is -2.13. The zero-order chi connectivity index (χ0) is 9.84. The molecule has 1 rings (SSSR count). The standard InChI is InChI=1S/C9H12N2O2/c1-6-3-7(9(10)11-12)5-8(4-6)13-2/h3-5,12H,1-2H3,(H2,10,11). The minimum Gasteiger partial charge on any atom is -0.497 e. The van der Waals surface area contributed by atoms with Crippen LogP contribution in [-0.2, 0) is 0 Å². The summed E-state index contributed by atoms with van der Waals surface area (Å²) in [6.45, 7) is 1.91. The molecule has 0 aromatic heterocycles. The van der Waals surface area contributed by atoms with Gasteiger partial charge in [0.05, 0.1) is 7.11 Å². The van der Waals surface area contributed by atoms with Crippen LogP contribution in [-0.4, -0.2) is 18.2 Å². The van der Waals surface area contributed by atoms with Crippen molar-refractivity contribution in [2.24, 2.45) is 10.9 Å². The Bertz CT molecular complexity index is 334. The van der Waals surface area contributed by atoms with Gasteiger partial charge >= 0.3 is 0 Å². The molecule has 0 unspecified atom stereocenters. The first kappa shape index (κ1) is 9.38. The highest BCUT2D eigenvalue weighted by molar-refractivity contribution is 5.97. The largest absolute Gasteiger partial charge is 0.497 e. The van der Waals surface area contributed by atoms with E-state index >= 15 is 0 Å². The van der Waals surface area contributed by atoms with Crippen molar-refractivity contribution in [1.29, 1.82) is 0 Å². The van der Waals surface area contributed by atoms with Gasteiger partial charge in [0.1, 0.15) is 5.75 Å². The molecule has 70 valence electrons. The summed E-state index contributed by atoms with van der Waals surface area (Å²) in [6.07, 6.45) is 0. The first-order valence-corrected chi connectivity index (χ1v) is 3.81. The Balaban J connectivity index is 3.16. The lowest BCUT2D eigenvalue weighted by atomic mass is 10.1. The molecule has 0 saturated heterocycles. The number of rotatable bonds is 2. The van der Waals surface area contributed by atoms with Gasteiger partial charge in [-0.3, -0.25) is 0 Å². The minimum atomic E-state index is 0.0852.